The number of aryl methyl sites for hydroxylation is 2. The van der Waals surface area contributed by atoms with E-state index in [1.165, 1.54) is 0 Å². The first-order valence-corrected chi connectivity index (χ1v) is 8.25. The SMILES string of the molecule is Cc1ccc(C)c(OCNC(=O)N(CCN)C(=O)OC(C)(C)C)c1C. The molecule has 0 fully saturated rings. The Morgan fingerprint density at radius 2 is 1.76 bits per heavy atom. The van der Waals surface area contributed by atoms with Crippen LogP contribution in [-0.4, -0.2) is 42.4 Å². The van der Waals surface area contributed by atoms with Crippen LogP contribution in [0.4, 0.5) is 9.59 Å². The molecule has 1 aromatic carbocycles. The van der Waals surface area contributed by atoms with Gasteiger partial charge in [-0.25, -0.2) is 14.5 Å². The van der Waals surface area contributed by atoms with Crippen molar-refractivity contribution < 1.29 is 19.1 Å². The lowest BCUT2D eigenvalue weighted by molar-refractivity contribution is 0.0321. The summed E-state index contributed by atoms with van der Waals surface area (Å²) in [6.45, 7) is 11.2. The van der Waals surface area contributed by atoms with E-state index in [0.717, 1.165) is 27.3 Å². The van der Waals surface area contributed by atoms with Crippen molar-refractivity contribution in [1.82, 2.24) is 10.2 Å². The van der Waals surface area contributed by atoms with Crippen LogP contribution in [0.2, 0.25) is 0 Å². The van der Waals surface area contributed by atoms with Crippen molar-refractivity contribution in [1.29, 1.82) is 0 Å². The zero-order valence-corrected chi connectivity index (χ0v) is 15.9. The molecule has 0 saturated heterocycles. The summed E-state index contributed by atoms with van der Waals surface area (Å²) in [5.74, 6) is 0.725. The molecule has 3 N–H and O–H groups in total. The van der Waals surface area contributed by atoms with Crippen molar-refractivity contribution in [3.05, 3.63) is 28.8 Å². The molecular weight excluding hydrogens is 322 g/mol. The number of hydrogen-bond acceptors (Lipinski definition) is 5. The third kappa shape index (κ3) is 6.26. The summed E-state index contributed by atoms with van der Waals surface area (Å²) in [4.78, 5) is 25.3. The third-order valence-electron chi connectivity index (χ3n) is 3.53. The van der Waals surface area contributed by atoms with Gasteiger partial charge in [-0.3, -0.25) is 0 Å². The van der Waals surface area contributed by atoms with Gasteiger partial charge >= 0.3 is 12.1 Å². The van der Waals surface area contributed by atoms with Crippen molar-refractivity contribution >= 4 is 12.1 Å². The highest BCUT2D eigenvalue weighted by atomic mass is 16.6. The van der Waals surface area contributed by atoms with E-state index in [1.54, 1.807) is 20.8 Å². The lowest BCUT2D eigenvalue weighted by Gasteiger charge is -2.26. The molecule has 0 radical (unpaired) electrons. The van der Waals surface area contributed by atoms with Gasteiger partial charge in [-0.2, -0.15) is 0 Å². The molecule has 3 amide bonds. The molecule has 1 aromatic rings. The van der Waals surface area contributed by atoms with E-state index in [-0.39, 0.29) is 19.8 Å². The minimum atomic E-state index is -0.738. The predicted molar refractivity (Wildman–Crippen MR) is 96.7 cm³/mol. The number of benzene rings is 1. The highest BCUT2D eigenvalue weighted by Gasteiger charge is 2.26. The van der Waals surface area contributed by atoms with Gasteiger partial charge in [0.2, 0.25) is 0 Å². The molecule has 25 heavy (non-hydrogen) atoms. The van der Waals surface area contributed by atoms with Crippen LogP contribution in [0.3, 0.4) is 0 Å². The average Bonchev–Trinajstić information content (AvgIpc) is 2.50. The molecule has 0 aromatic heterocycles. The number of nitrogens with two attached hydrogens (primary N) is 1. The Bertz CT molecular complexity index is 623. The maximum atomic E-state index is 12.3. The Kier molecular flexibility index (Phi) is 7.23. The fraction of sp³-hybridized carbons (Fsp3) is 0.556. The number of urea groups is 1. The predicted octanol–water partition coefficient (Wildman–Crippen LogP) is 2.85. The van der Waals surface area contributed by atoms with Gasteiger partial charge in [0.15, 0.2) is 6.73 Å². The van der Waals surface area contributed by atoms with E-state index in [9.17, 15) is 9.59 Å². The number of imide groups is 1. The molecule has 0 aliphatic heterocycles. The summed E-state index contributed by atoms with van der Waals surface area (Å²) < 4.78 is 10.9. The second-order valence-electron chi connectivity index (χ2n) is 6.84. The van der Waals surface area contributed by atoms with Crippen molar-refractivity contribution in [2.75, 3.05) is 19.8 Å². The largest absolute Gasteiger partial charge is 0.473 e. The number of ether oxygens (including phenoxy) is 2. The molecule has 0 spiro atoms. The van der Waals surface area contributed by atoms with Gasteiger partial charge in [-0.15, -0.1) is 0 Å². The smallest absolute Gasteiger partial charge is 0.418 e. The van der Waals surface area contributed by atoms with Crippen molar-refractivity contribution in [3.63, 3.8) is 0 Å². The molecule has 0 atom stereocenters. The minimum absolute atomic E-state index is 0.0588. The zero-order chi connectivity index (χ0) is 19.2. The van der Waals surface area contributed by atoms with E-state index < -0.39 is 17.7 Å². The third-order valence-corrected chi connectivity index (χ3v) is 3.53. The van der Waals surface area contributed by atoms with E-state index >= 15 is 0 Å². The molecule has 0 bridgehead atoms. The van der Waals surface area contributed by atoms with Crippen LogP contribution in [0.5, 0.6) is 5.75 Å². The Balaban J connectivity index is 2.70. The topological polar surface area (TPSA) is 93.9 Å². The summed E-state index contributed by atoms with van der Waals surface area (Å²) in [5, 5.41) is 2.57. The summed E-state index contributed by atoms with van der Waals surface area (Å²) in [5.41, 5.74) is 7.88. The second kappa shape index (κ2) is 8.71. The van der Waals surface area contributed by atoms with Gasteiger partial charge in [0, 0.05) is 13.1 Å². The van der Waals surface area contributed by atoms with E-state index in [2.05, 4.69) is 5.32 Å². The van der Waals surface area contributed by atoms with Gasteiger partial charge in [0.1, 0.15) is 11.4 Å². The normalized spacial score (nSPS) is 11.0. The number of nitrogens with one attached hydrogen (secondary N) is 1. The van der Waals surface area contributed by atoms with Gasteiger partial charge in [0.05, 0.1) is 0 Å². The molecule has 0 aliphatic carbocycles. The van der Waals surface area contributed by atoms with Crippen molar-refractivity contribution in [2.45, 2.75) is 47.1 Å². The molecule has 7 heteroatoms. The molecule has 140 valence electrons. The van der Waals surface area contributed by atoms with Gasteiger partial charge in [-0.1, -0.05) is 12.1 Å². The summed E-state index contributed by atoms with van der Waals surface area (Å²) in [6, 6.07) is 3.37. The first-order chi connectivity index (χ1) is 11.6. The number of rotatable bonds is 5. The standard InChI is InChI=1S/C18H29N3O4/c1-12-7-8-13(2)15(14(12)3)24-11-20-16(22)21(10-9-19)17(23)25-18(4,5)6/h7-8H,9-11,19H2,1-6H3,(H,20,22). The number of carbonyl (C=O) groups is 2. The summed E-state index contributed by atoms with van der Waals surface area (Å²) in [7, 11) is 0. The number of nitrogens with zero attached hydrogens (tertiary/aromatic N) is 1. The molecule has 7 nitrogen and oxygen atoms in total. The number of carbonyl (C=O) groups excluding carboxylic acids is 2. The van der Waals surface area contributed by atoms with Gasteiger partial charge in [-0.05, 0) is 58.2 Å². The average molecular weight is 351 g/mol. The van der Waals surface area contributed by atoms with Crippen LogP contribution in [0.25, 0.3) is 0 Å². The lowest BCUT2D eigenvalue weighted by atomic mass is 10.1. The minimum Gasteiger partial charge on any atom is -0.473 e. The first kappa shape index (κ1) is 20.8. The summed E-state index contributed by atoms with van der Waals surface area (Å²) in [6.07, 6.45) is -0.738. The highest BCUT2D eigenvalue weighted by Crippen LogP contribution is 2.25. The molecule has 0 unspecified atom stereocenters. The summed E-state index contributed by atoms with van der Waals surface area (Å²) >= 11 is 0. The Hall–Kier alpha value is -2.28. The van der Waals surface area contributed by atoms with Crippen LogP contribution < -0.4 is 15.8 Å². The van der Waals surface area contributed by atoms with E-state index in [4.69, 9.17) is 15.2 Å². The van der Waals surface area contributed by atoms with Gasteiger partial charge < -0.3 is 20.5 Å². The van der Waals surface area contributed by atoms with Crippen molar-refractivity contribution in [2.24, 2.45) is 5.73 Å². The number of hydrogen-bond donors (Lipinski definition) is 2. The fourth-order valence-corrected chi connectivity index (χ4v) is 2.13. The van der Waals surface area contributed by atoms with Crippen LogP contribution >= 0.6 is 0 Å². The maximum Gasteiger partial charge on any atom is 0.418 e. The van der Waals surface area contributed by atoms with Crippen LogP contribution in [-0.2, 0) is 4.74 Å². The van der Waals surface area contributed by atoms with Crippen LogP contribution in [0.1, 0.15) is 37.5 Å². The highest BCUT2D eigenvalue weighted by molar-refractivity contribution is 5.91. The van der Waals surface area contributed by atoms with Crippen molar-refractivity contribution in [3.8, 4) is 5.75 Å². The number of amides is 3. The Morgan fingerprint density at radius 3 is 2.32 bits per heavy atom. The van der Waals surface area contributed by atoms with Crippen LogP contribution in [0.15, 0.2) is 12.1 Å². The monoisotopic (exact) mass is 351 g/mol. The Morgan fingerprint density at radius 1 is 1.16 bits per heavy atom. The van der Waals surface area contributed by atoms with Crippen LogP contribution in [0, 0.1) is 20.8 Å². The fourth-order valence-electron chi connectivity index (χ4n) is 2.13. The zero-order valence-electron chi connectivity index (χ0n) is 15.9. The van der Waals surface area contributed by atoms with E-state index in [0.29, 0.717) is 0 Å². The molecule has 0 heterocycles. The second-order valence-corrected chi connectivity index (χ2v) is 6.84. The molecule has 0 aliphatic rings. The maximum absolute atomic E-state index is 12.3. The lowest BCUT2D eigenvalue weighted by Crippen LogP contribution is -2.48. The molecule has 0 saturated carbocycles. The first-order valence-electron chi connectivity index (χ1n) is 8.25. The molecular formula is C18H29N3O4. The quantitative estimate of drug-likeness (QED) is 0.796. The van der Waals surface area contributed by atoms with E-state index in [1.807, 2.05) is 32.9 Å². The molecule has 1 rings (SSSR count). The Labute approximate surface area is 149 Å². The van der Waals surface area contributed by atoms with Gasteiger partial charge in [0.25, 0.3) is 0 Å².